The molecule has 2 aliphatic heterocycles. The lowest BCUT2D eigenvalue weighted by atomic mass is 9.74. The minimum Gasteiger partial charge on any atom is -0.504 e. The lowest BCUT2D eigenvalue weighted by Crippen LogP contribution is -2.49. The summed E-state index contributed by atoms with van der Waals surface area (Å²) in [4.78, 5) is 0. The van der Waals surface area contributed by atoms with E-state index in [1.165, 1.54) is 24.8 Å². The highest BCUT2D eigenvalue weighted by Crippen LogP contribution is 2.56. The van der Waals surface area contributed by atoms with Crippen molar-refractivity contribution in [3.8, 4) is 11.5 Å². The molecule has 1 spiro atoms. The van der Waals surface area contributed by atoms with Crippen LogP contribution in [0.4, 0.5) is 0 Å². The Morgan fingerprint density at radius 2 is 2.29 bits per heavy atom. The summed E-state index contributed by atoms with van der Waals surface area (Å²) in [5.41, 5.74) is 1.13. The van der Waals surface area contributed by atoms with Gasteiger partial charge in [0.15, 0.2) is 11.5 Å². The quantitative estimate of drug-likeness (QED) is 0.719. The van der Waals surface area contributed by atoms with E-state index in [9.17, 15) is 5.11 Å². The number of fused-ring (bicyclic) bond motifs is 2. The van der Waals surface area contributed by atoms with E-state index in [4.69, 9.17) is 4.74 Å². The van der Waals surface area contributed by atoms with Crippen molar-refractivity contribution in [1.29, 1.82) is 0 Å². The van der Waals surface area contributed by atoms with E-state index < -0.39 is 0 Å². The van der Waals surface area contributed by atoms with E-state index in [1.54, 1.807) is 6.07 Å². The van der Waals surface area contributed by atoms with Crippen LogP contribution in [0.5, 0.6) is 11.5 Å². The van der Waals surface area contributed by atoms with Gasteiger partial charge in [-0.2, -0.15) is 0 Å². The summed E-state index contributed by atoms with van der Waals surface area (Å²) in [5, 5.41) is 13.5. The Kier molecular flexibility index (Phi) is 1.82. The Balaban J connectivity index is 1.84. The van der Waals surface area contributed by atoms with Crippen molar-refractivity contribution >= 4 is 0 Å². The van der Waals surface area contributed by atoms with Crippen LogP contribution in [0, 0.1) is 0 Å². The highest BCUT2D eigenvalue weighted by atomic mass is 16.5. The molecule has 0 amide bonds. The number of hydrogen-bond donors (Lipinski definition) is 2. The Bertz CT molecular complexity index is 473. The van der Waals surface area contributed by atoms with Gasteiger partial charge in [-0.15, -0.1) is 0 Å². The average molecular weight is 231 g/mol. The summed E-state index contributed by atoms with van der Waals surface area (Å²) in [6.45, 7) is 0.987. The summed E-state index contributed by atoms with van der Waals surface area (Å²) in [7, 11) is 0. The van der Waals surface area contributed by atoms with Crippen LogP contribution in [0.1, 0.15) is 37.2 Å². The molecule has 3 aliphatic rings. The number of rotatable bonds is 0. The molecule has 4 rings (SSSR count). The fraction of sp³-hybridized carbons (Fsp3) is 0.571. The van der Waals surface area contributed by atoms with Crippen LogP contribution < -0.4 is 10.1 Å². The van der Waals surface area contributed by atoms with Gasteiger partial charge in [-0.25, -0.2) is 0 Å². The standard InChI is InChI=1S/C14H17NO2/c16-11-5-3-4-9-10-8-15-12-6-1-2-7-14(10,12)17-13(9)11/h3-5,10,12,15-16H,1-2,6-8H2/t10-,12-,14-/m0/s1. The first-order valence-corrected chi connectivity index (χ1v) is 6.55. The fourth-order valence-corrected chi connectivity index (χ4v) is 3.98. The van der Waals surface area contributed by atoms with E-state index in [-0.39, 0.29) is 5.60 Å². The maximum absolute atomic E-state index is 9.93. The van der Waals surface area contributed by atoms with Crippen molar-refractivity contribution in [2.24, 2.45) is 0 Å². The number of aromatic hydroxyl groups is 1. The number of phenolic OH excluding ortho intramolecular Hbond substituents is 1. The Morgan fingerprint density at radius 3 is 3.24 bits per heavy atom. The topological polar surface area (TPSA) is 41.5 Å². The minimum atomic E-state index is -0.0700. The first-order valence-electron chi connectivity index (χ1n) is 6.55. The molecule has 1 saturated heterocycles. The third kappa shape index (κ3) is 1.10. The van der Waals surface area contributed by atoms with Crippen molar-refractivity contribution in [3.63, 3.8) is 0 Å². The summed E-state index contributed by atoms with van der Waals surface area (Å²) >= 11 is 0. The van der Waals surface area contributed by atoms with E-state index in [2.05, 4.69) is 11.4 Å². The molecule has 1 aromatic rings. The van der Waals surface area contributed by atoms with Gasteiger partial charge in [0.05, 0.1) is 0 Å². The fourth-order valence-electron chi connectivity index (χ4n) is 3.98. The first-order chi connectivity index (χ1) is 8.31. The van der Waals surface area contributed by atoms with Gasteiger partial charge in [-0.05, 0) is 25.3 Å². The van der Waals surface area contributed by atoms with Crippen molar-refractivity contribution in [1.82, 2.24) is 5.32 Å². The minimum absolute atomic E-state index is 0.0700. The lowest BCUT2D eigenvalue weighted by molar-refractivity contribution is 0.0306. The Labute approximate surface area is 101 Å². The lowest BCUT2D eigenvalue weighted by Gasteiger charge is -2.38. The Hall–Kier alpha value is -1.22. The highest BCUT2D eigenvalue weighted by Gasteiger charge is 2.58. The molecule has 0 unspecified atom stereocenters. The summed E-state index contributed by atoms with van der Waals surface area (Å²) in [5.74, 6) is 1.47. The SMILES string of the molecule is Oc1cccc2c1O[C@]13CCCC[C@@H]1NC[C@@H]23. The third-order valence-corrected chi connectivity index (χ3v) is 4.75. The second kappa shape index (κ2) is 3.16. The zero-order chi connectivity index (χ0) is 11.5. The second-order valence-corrected chi connectivity index (χ2v) is 5.51. The third-order valence-electron chi connectivity index (χ3n) is 4.75. The summed E-state index contributed by atoms with van der Waals surface area (Å²) in [6.07, 6.45) is 4.84. The van der Waals surface area contributed by atoms with Crippen molar-refractivity contribution in [2.45, 2.75) is 43.2 Å². The number of para-hydroxylation sites is 1. The van der Waals surface area contributed by atoms with Crippen LogP contribution in [-0.4, -0.2) is 23.3 Å². The van der Waals surface area contributed by atoms with Crippen LogP contribution in [0.3, 0.4) is 0 Å². The molecule has 3 heteroatoms. The van der Waals surface area contributed by atoms with Crippen LogP contribution in [0.15, 0.2) is 18.2 Å². The molecule has 0 radical (unpaired) electrons. The van der Waals surface area contributed by atoms with Crippen molar-refractivity contribution in [3.05, 3.63) is 23.8 Å². The van der Waals surface area contributed by atoms with Gasteiger partial charge < -0.3 is 15.2 Å². The highest BCUT2D eigenvalue weighted by molar-refractivity contribution is 5.53. The molecule has 2 fully saturated rings. The van der Waals surface area contributed by atoms with Crippen molar-refractivity contribution in [2.75, 3.05) is 6.54 Å². The number of phenols is 1. The van der Waals surface area contributed by atoms with E-state index in [0.717, 1.165) is 18.7 Å². The monoisotopic (exact) mass is 231 g/mol. The molecule has 1 aliphatic carbocycles. The van der Waals surface area contributed by atoms with Gasteiger partial charge in [0.1, 0.15) is 5.60 Å². The van der Waals surface area contributed by atoms with Crippen LogP contribution in [0.2, 0.25) is 0 Å². The molecular formula is C14H17NO2. The summed E-state index contributed by atoms with van der Waals surface area (Å²) in [6, 6.07) is 6.22. The first kappa shape index (κ1) is 9.77. The number of nitrogens with one attached hydrogen (secondary N) is 1. The molecule has 3 nitrogen and oxygen atoms in total. The van der Waals surface area contributed by atoms with Crippen molar-refractivity contribution < 1.29 is 9.84 Å². The normalized spacial score (nSPS) is 38.1. The Morgan fingerprint density at radius 1 is 1.35 bits per heavy atom. The van der Waals surface area contributed by atoms with Gasteiger partial charge >= 0.3 is 0 Å². The molecule has 0 aromatic heterocycles. The molecule has 90 valence electrons. The van der Waals surface area contributed by atoms with Gasteiger partial charge in [0.2, 0.25) is 0 Å². The molecule has 2 N–H and O–H groups in total. The summed E-state index contributed by atoms with van der Waals surface area (Å²) < 4.78 is 6.24. The molecule has 0 bridgehead atoms. The van der Waals surface area contributed by atoms with Gasteiger partial charge in [-0.3, -0.25) is 0 Å². The van der Waals surface area contributed by atoms with Crippen LogP contribution in [-0.2, 0) is 0 Å². The molecule has 2 heterocycles. The predicted octanol–water partition coefficient (Wildman–Crippen LogP) is 2.15. The molecular weight excluding hydrogens is 214 g/mol. The number of benzene rings is 1. The zero-order valence-electron chi connectivity index (χ0n) is 9.78. The average Bonchev–Trinajstić information content (AvgIpc) is 2.83. The number of ether oxygens (including phenoxy) is 1. The molecule has 1 aromatic carbocycles. The smallest absolute Gasteiger partial charge is 0.165 e. The molecule has 3 atom stereocenters. The zero-order valence-corrected chi connectivity index (χ0v) is 9.78. The molecule has 17 heavy (non-hydrogen) atoms. The van der Waals surface area contributed by atoms with E-state index >= 15 is 0 Å². The second-order valence-electron chi connectivity index (χ2n) is 5.51. The largest absolute Gasteiger partial charge is 0.504 e. The maximum atomic E-state index is 9.93. The predicted molar refractivity (Wildman–Crippen MR) is 64.5 cm³/mol. The molecule has 1 saturated carbocycles. The number of hydrogen-bond acceptors (Lipinski definition) is 3. The van der Waals surface area contributed by atoms with Crippen LogP contribution in [0.25, 0.3) is 0 Å². The van der Waals surface area contributed by atoms with Gasteiger partial charge in [-0.1, -0.05) is 18.6 Å². The van der Waals surface area contributed by atoms with E-state index in [0.29, 0.717) is 17.7 Å². The van der Waals surface area contributed by atoms with Gasteiger partial charge in [0.25, 0.3) is 0 Å². The van der Waals surface area contributed by atoms with Crippen LogP contribution >= 0.6 is 0 Å². The van der Waals surface area contributed by atoms with Gasteiger partial charge in [0, 0.05) is 24.1 Å². The van der Waals surface area contributed by atoms with E-state index in [1.807, 2.05) is 6.07 Å². The maximum Gasteiger partial charge on any atom is 0.165 e.